The molecule has 0 radical (unpaired) electrons. The van der Waals surface area contributed by atoms with Crippen LogP contribution in [0.4, 0.5) is 0 Å². The van der Waals surface area contributed by atoms with Crippen LogP contribution in [0.5, 0.6) is 0 Å². The third-order valence-corrected chi connectivity index (χ3v) is 4.13. The van der Waals surface area contributed by atoms with Crippen molar-refractivity contribution < 1.29 is 4.79 Å². The highest BCUT2D eigenvalue weighted by Crippen LogP contribution is 2.35. The number of rotatable bonds is 3. The highest BCUT2D eigenvalue weighted by Gasteiger charge is 2.23. The Hall–Kier alpha value is -2.61. The molecule has 1 unspecified atom stereocenters. The van der Waals surface area contributed by atoms with E-state index in [0.717, 1.165) is 11.1 Å². The van der Waals surface area contributed by atoms with Crippen LogP contribution in [0.25, 0.3) is 5.57 Å². The average molecular weight is 303 g/mol. The van der Waals surface area contributed by atoms with Crippen molar-refractivity contribution in [1.29, 1.82) is 0 Å². The molecule has 3 rings (SSSR count). The number of hydrogen-bond donors (Lipinski definition) is 0. The predicted molar refractivity (Wildman–Crippen MR) is 94.7 cm³/mol. The molecule has 0 saturated carbocycles. The zero-order valence-corrected chi connectivity index (χ0v) is 13.5. The lowest BCUT2D eigenvalue weighted by molar-refractivity contribution is -0.124. The molecule has 0 fully saturated rings. The van der Waals surface area contributed by atoms with Gasteiger partial charge in [0.25, 0.3) is 5.91 Å². The lowest BCUT2D eigenvalue weighted by Crippen LogP contribution is -2.30. The second-order valence-electron chi connectivity index (χ2n) is 6.03. The molecular weight excluding hydrogens is 282 g/mol. The molecule has 1 atom stereocenters. The van der Waals surface area contributed by atoms with E-state index in [4.69, 9.17) is 0 Å². The maximum absolute atomic E-state index is 12.6. The van der Waals surface area contributed by atoms with E-state index < -0.39 is 0 Å². The molecule has 0 N–H and O–H groups in total. The maximum Gasteiger partial charge on any atom is 0.251 e. The average Bonchev–Trinajstić information content (AvgIpc) is 2.75. The van der Waals surface area contributed by atoms with Gasteiger partial charge >= 0.3 is 0 Å². The van der Waals surface area contributed by atoms with Gasteiger partial charge in [-0.15, -0.1) is 0 Å². The molecule has 23 heavy (non-hydrogen) atoms. The van der Waals surface area contributed by atoms with Crippen molar-refractivity contribution in [2.45, 2.75) is 25.8 Å². The second kappa shape index (κ2) is 6.66. The first-order valence-corrected chi connectivity index (χ1v) is 7.99. The van der Waals surface area contributed by atoms with Gasteiger partial charge in [0.2, 0.25) is 0 Å². The van der Waals surface area contributed by atoms with Gasteiger partial charge < -0.3 is 4.90 Å². The number of hydrogen-bond acceptors (Lipinski definition) is 1. The molecule has 1 aliphatic heterocycles. The van der Waals surface area contributed by atoms with Crippen LogP contribution < -0.4 is 0 Å². The quantitative estimate of drug-likeness (QED) is 0.810. The van der Waals surface area contributed by atoms with Gasteiger partial charge in [0.15, 0.2) is 0 Å². The zero-order valence-electron chi connectivity index (χ0n) is 13.5. The van der Waals surface area contributed by atoms with Crippen LogP contribution in [-0.2, 0) is 4.79 Å². The van der Waals surface area contributed by atoms with Crippen molar-refractivity contribution in [3.63, 3.8) is 0 Å². The number of nitrogens with zero attached hydrogens (tertiary/aromatic N) is 1. The minimum Gasteiger partial charge on any atom is -0.313 e. The summed E-state index contributed by atoms with van der Waals surface area (Å²) in [5.74, 6) is 0.111. The van der Waals surface area contributed by atoms with Crippen molar-refractivity contribution in [1.82, 2.24) is 4.90 Å². The Balaban J connectivity index is 2.12. The molecular formula is C21H21NO. The van der Waals surface area contributed by atoms with Gasteiger partial charge in [-0.25, -0.2) is 0 Å². The maximum atomic E-state index is 12.6. The Morgan fingerprint density at radius 2 is 1.52 bits per heavy atom. The lowest BCUT2D eigenvalue weighted by Gasteiger charge is -2.20. The number of amides is 1. The Morgan fingerprint density at radius 1 is 0.913 bits per heavy atom. The lowest BCUT2D eigenvalue weighted by atomic mass is 9.86. The Kier molecular flexibility index (Phi) is 4.42. The molecule has 116 valence electrons. The van der Waals surface area contributed by atoms with E-state index in [0.29, 0.717) is 0 Å². The van der Waals surface area contributed by atoms with Crippen molar-refractivity contribution in [2.24, 2.45) is 0 Å². The van der Waals surface area contributed by atoms with Crippen molar-refractivity contribution in [3.8, 4) is 0 Å². The van der Waals surface area contributed by atoms with Crippen LogP contribution in [0.2, 0.25) is 0 Å². The minimum absolute atomic E-state index is 0.0357. The molecule has 2 aromatic rings. The molecule has 0 spiro atoms. The van der Waals surface area contributed by atoms with Crippen LogP contribution in [0.3, 0.4) is 0 Å². The summed E-state index contributed by atoms with van der Waals surface area (Å²) in [6, 6.07) is 20.6. The monoisotopic (exact) mass is 303 g/mol. The van der Waals surface area contributed by atoms with E-state index in [-0.39, 0.29) is 17.9 Å². The van der Waals surface area contributed by atoms with Crippen LogP contribution in [-0.4, -0.2) is 16.8 Å². The third-order valence-electron chi connectivity index (χ3n) is 4.13. The summed E-state index contributed by atoms with van der Waals surface area (Å²) in [6.07, 6.45) is 5.84. The summed E-state index contributed by atoms with van der Waals surface area (Å²) in [7, 11) is 0. The SMILES string of the molecule is CC(C)N1C=CC(c2ccccc2)C(c2ccccc2)=CC1=O. The summed E-state index contributed by atoms with van der Waals surface area (Å²) in [6.45, 7) is 4.06. The van der Waals surface area contributed by atoms with Crippen molar-refractivity contribution in [3.05, 3.63) is 90.1 Å². The van der Waals surface area contributed by atoms with Gasteiger partial charge in [-0.05, 0) is 30.5 Å². The molecule has 0 aliphatic carbocycles. The molecule has 2 aromatic carbocycles. The smallest absolute Gasteiger partial charge is 0.251 e. The summed E-state index contributed by atoms with van der Waals surface area (Å²) in [5, 5.41) is 0. The van der Waals surface area contributed by atoms with Gasteiger partial charge in [-0.3, -0.25) is 4.79 Å². The number of benzene rings is 2. The van der Waals surface area contributed by atoms with E-state index in [1.165, 1.54) is 5.56 Å². The van der Waals surface area contributed by atoms with Crippen molar-refractivity contribution in [2.75, 3.05) is 0 Å². The van der Waals surface area contributed by atoms with E-state index in [1.54, 1.807) is 11.0 Å². The normalized spacial score (nSPS) is 18.0. The molecule has 0 bridgehead atoms. The van der Waals surface area contributed by atoms with Gasteiger partial charge in [-0.2, -0.15) is 0 Å². The fourth-order valence-electron chi connectivity index (χ4n) is 2.92. The molecule has 1 aliphatic rings. The first-order valence-electron chi connectivity index (χ1n) is 7.99. The first-order chi connectivity index (χ1) is 11.2. The van der Waals surface area contributed by atoms with Crippen LogP contribution in [0, 0.1) is 0 Å². The van der Waals surface area contributed by atoms with Crippen molar-refractivity contribution >= 4 is 11.5 Å². The highest BCUT2D eigenvalue weighted by molar-refractivity contribution is 5.98. The number of carbonyl (C=O) groups excluding carboxylic acids is 1. The zero-order chi connectivity index (χ0) is 16.2. The van der Waals surface area contributed by atoms with Crippen LogP contribution in [0.15, 0.2) is 79.0 Å². The fraction of sp³-hybridized carbons (Fsp3) is 0.190. The van der Waals surface area contributed by atoms with E-state index >= 15 is 0 Å². The summed E-state index contributed by atoms with van der Waals surface area (Å²) in [4.78, 5) is 14.4. The highest BCUT2D eigenvalue weighted by atomic mass is 16.2. The molecule has 1 heterocycles. The fourth-order valence-corrected chi connectivity index (χ4v) is 2.92. The summed E-state index contributed by atoms with van der Waals surface area (Å²) in [5.41, 5.74) is 3.32. The largest absolute Gasteiger partial charge is 0.313 e. The molecule has 2 nitrogen and oxygen atoms in total. The Morgan fingerprint density at radius 3 is 2.13 bits per heavy atom. The number of allylic oxidation sites excluding steroid dienone is 2. The standard InChI is InChI=1S/C21H21NO/c1-16(2)22-14-13-19(17-9-5-3-6-10-17)20(15-21(22)23)18-11-7-4-8-12-18/h3-16,19H,1-2H3. The van der Waals surface area contributed by atoms with E-state index in [2.05, 4.69) is 30.3 Å². The van der Waals surface area contributed by atoms with Gasteiger partial charge in [0.1, 0.15) is 0 Å². The second-order valence-corrected chi connectivity index (χ2v) is 6.03. The molecule has 0 aromatic heterocycles. The Labute approximate surface area is 137 Å². The van der Waals surface area contributed by atoms with E-state index in [9.17, 15) is 4.79 Å². The first kappa shape index (κ1) is 15.3. The summed E-state index contributed by atoms with van der Waals surface area (Å²) >= 11 is 0. The van der Waals surface area contributed by atoms with Gasteiger partial charge in [0, 0.05) is 24.2 Å². The number of carbonyl (C=O) groups is 1. The van der Waals surface area contributed by atoms with Crippen LogP contribution in [0.1, 0.15) is 30.9 Å². The topological polar surface area (TPSA) is 20.3 Å². The third kappa shape index (κ3) is 3.26. The Bertz CT molecular complexity index is 729. The predicted octanol–water partition coefficient (Wildman–Crippen LogP) is 4.62. The van der Waals surface area contributed by atoms with Gasteiger partial charge in [0.05, 0.1) is 0 Å². The van der Waals surface area contributed by atoms with Crippen LogP contribution >= 0.6 is 0 Å². The van der Waals surface area contributed by atoms with E-state index in [1.807, 2.05) is 56.4 Å². The summed E-state index contributed by atoms with van der Waals surface area (Å²) < 4.78 is 0. The van der Waals surface area contributed by atoms with Gasteiger partial charge in [-0.1, -0.05) is 66.7 Å². The minimum atomic E-state index is 0.0357. The molecule has 2 heteroatoms. The molecule has 0 saturated heterocycles. The molecule has 1 amide bonds.